The lowest BCUT2D eigenvalue weighted by atomic mass is 9.51. The van der Waals surface area contributed by atoms with Gasteiger partial charge in [0.25, 0.3) is 0 Å². The molecule has 1 fully saturated rings. The van der Waals surface area contributed by atoms with Gasteiger partial charge >= 0.3 is 6.03 Å². The maximum Gasteiger partial charge on any atom is 0.321 e. The van der Waals surface area contributed by atoms with Crippen LogP contribution in [0.2, 0.25) is 0 Å². The number of hydrogen-bond donors (Lipinski definition) is 4. The number of amides is 3. The lowest BCUT2D eigenvalue weighted by molar-refractivity contribution is -0.117. The van der Waals surface area contributed by atoms with Crippen molar-refractivity contribution in [1.29, 1.82) is 5.41 Å². The lowest BCUT2D eigenvalue weighted by Gasteiger charge is -2.53. The van der Waals surface area contributed by atoms with Gasteiger partial charge in [0, 0.05) is 25.1 Å². The summed E-state index contributed by atoms with van der Waals surface area (Å²) in [6, 6.07) is 19.8. The minimum atomic E-state index is -0.489. The number of urea groups is 1. The third kappa shape index (κ3) is 4.71. The smallest absolute Gasteiger partial charge is 0.321 e. The Morgan fingerprint density at radius 2 is 1.48 bits per heavy atom. The first-order valence-electron chi connectivity index (χ1n) is 9.95. The van der Waals surface area contributed by atoms with Crippen LogP contribution in [0, 0.1) is 17.2 Å². The molecule has 1 aliphatic carbocycles. The number of carbonyl (C=O) groups is 2. The largest absolute Gasteiger partial charge is 0.337 e. The van der Waals surface area contributed by atoms with Gasteiger partial charge in [0.2, 0.25) is 5.91 Å². The standard InChI is InChI=1S/C23H28N4O2/c1-15(28)27-23(29)26-14-18-20(16-8-4-2-5-9-16)22(19(25)12-13-24)21(18)17-10-6-3-7-11-17/h2-11,18,20-22,25H,12-14,24H2,1H3,(H2,26,27,28,29). The van der Waals surface area contributed by atoms with Gasteiger partial charge in [-0.3, -0.25) is 10.1 Å². The fourth-order valence-corrected chi connectivity index (χ4v) is 4.52. The minimum absolute atomic E-state index is 0.0334. The molecule has 3 rings (SSSR count). The summed E-state index contributed by atoms with van der Waals surface area (Å²) in [5, 5.41) is 13.8. The summed E-state index contributed by atoms with van der Waals surface area (Å²) in [5.74, 6) is -0.0271. The van der Waals surface area contributed by atoms with Crippen molar-refractivity contribution in [2.45, 2.75) is 25.2 Å². The summed E-state index contributed by atoms with van der Waals surface area (Å²) in [4.78, 5) is 23.2. The molecule has 152 valence electrons. The van der Waals surface area contributed by atoms with E-state index < -0.39 is 11.9 Å². The summed E-state index contributed by atoms with van der Waals surface area (Å²) >= 11 is 0. The van der Waals surface area contributed by atoms with Crippen LogP contribution in [0.15, 0.2) is 60.7 Å². The van der Waals surface area contributed by atoms with E-state index in [4.69, 9.17) is 11.1 Å². The molecule has 0 spiro atoms. The highest BCUT2D eigenvalue weighted by atomic mass is 16.2. The zero-order chi connectivity index (χ0) is 20.8. The molecular formula is C23H28N4O2. The van der Waals surface area contributed by atoms with E-state index >= 15 is 0 Å². The summed E-state index contributed by atoms with van der Waals surface area (Å²) in [7, 11) is 0. The summed E-state index contributed by atoms with van der Waals surface area (Å²) < 4.78 is 0. The van der Waals surface area contributed by atoms with E-state index in [-0.39, 0.29) is 23.7 Å². The third-order valence-electron chi connectivity index (χ3n) is 5.67. The number of hydrogen-bond acceptors (Lipinski definition) is 4. The number of nitrogens with two attached hydrogens (primary N) is 1. The van der Waals surface area contributed by atoms with Gasteiger partial charge in [-0.05, 0) is 41.8 Å². The van der Waals surface area contributed by atoms with Crippen molar-refractivity contribution in [1.82, 2.24) is 10.6 Å². The number of imide groups is 1. The van der Waals surface area contributed by atoms with E-state index in [2.05, 4.69) is 34.9 Å². The van der Waals surface area contributed by atoms with Crippen molar-refractivity contribution in [3.63, 3.8) is 0 Å². The van der Waals surface area contributed by atoms with Crippen molar-refractivity contribution in [3.05, 3.63) is 71.8 Å². The van der Waals surface area contributed by atoms with Crippen molar-refractivity contribution >= 4 is 17.6 Å². The second kappa shape index (κ2) is 9.47. The Labute approximate surface area is 171 Å². The molecule has 2 aromatic rings. The maximum atomic E-state index is 12.0. The van der Waals surface area contributed by atoms with E-state index in [1.54, 1.807) is 0 Å². The predicted octanol–water partition coefficient (Wildman–Crippen LogP) is 3.01. The Bertz CT molecular complexity index is 806. The van der Waals surface area contributed by atoms with E-state index in [0.29, 0.717) is 25.2 Å². The van der Waals surface area contributed by atoms with Gasteiger partial charge in [0.1, 0.15) is 0 Å². The van der Waals surface area contributed by atoms with Gasteiger partial charge in [-0.25, -0.2) is 4.79 Å². The van der Waals surface area contributed by atoms with Crippen LogP contribution in [-0.4, -0.2) is 30.7 Å². The molecule has 2 unspecified atom stereocenters. The first kappa shape index (κ1) is 20.7. The lowest BCUT2D eigenvalue weighted by Crippen LogP contribution is -2.53. The molecule has 0 saturated heterocycles. The van der Waals surface area contributed by atoms with Crippen molar-refractivity contribution < 1.29 is 9.59 Å². The van der Waals surface area contributed by atoms with Gasteiger partial charge in [0.05, 0.1) is 0 Å². The number of nitrogens with one attached hydrogen (secondary N) is 3. The van der Waals surface area contributed by atoms with Crippen LogP contribution < -0.4 is 16.4 Å². The van der Waals surface area contributed by atoms with Crippen molar-refractivity contribution in [2.24, 2.45) is 17.6 Å². The molecule has 2 atom stereocenters. The van der Waals surface area contributed by atoms with Crippen molar-refractivity contribution in [2.75, 3.05) is 13.1 Å². The first-order chi connectivity index (χ1) is 14.0. The van der Waals surface area contributed by atoms with E-state index in [0.717, 1.165) is 11.1 Å². The Morgan fingerprint density at radius 1 is 0.966 bits per heavy atom. The Kier molecular flexibility index (Phi) is 6.77. The number of carbonyl (C=O) groups excluding carboxylic acids is 2. The third-order valence-corrected chi connectivity index (χ3v) is 5.67. The van der Waals surface area contributed by atoms with Gasteiger partial charge < -0.3 is 16.5 Å². The highest BCUT2D eigenvalue weighted by Gasteiger charge is 2.52. The van der Waals surface area contributed by atoms with Gasteiger partial charge in [-0.15, -0.1) is 0 Å². The molecule has 2 aromatic carbocycles. The fraction of sp³-hybridized carbons (Fsp3) is 0.348. The van der Waals surface area contributed by atoms with Crippen LogP contribution in [0.25, 0.3) is 0 Å². The molecule has 29 heavy (non-hydrogen) atoms. The molecule has 0 heterocycles. The molecular weight excluding hydrogens is 364 g/mol. The Hall–Kier alpha value is -2.99. The molecule has 0 radical (unpaired) electrons. The van der Waals surface area contributed by atoms with Crippen LogP contribution in [0.4, 0.5) is 4.79 Å². The molecule has 3 amide bonds. The normalized spacial score (nSPS) is 23.0. The van der Waals surface area contributed by atoms with Gasteiger partial charge in [-0.1, -0.05) is 60.7 Å². The second-order valence-corrected chi connectivity index (χ2v) is 7.52. The molecule has 1 aliphatic rings. The molecule has 0 bridgehead atoms. The highest BCUT2D eigenvalue weighted by Crippen LogP contribution is 2.57. The minimum Gasteiger partial charge on any atom is -0.337 e. The molecule has 5 N–H and O–H groups in total. The number of rotatable bonds is 7. The average Bonchev–Trinajstić information content (AvgIpc) is 2.68. The SMILES string of the molecule is CC(=O)NC(=O)NCC1C(c2ccccc2)C(C(=N)CCN)C1c1ccccc1. The van der Waals surface area contributed by atoms with Crippen molar-refractivity contribution in [3.8, 4) is 0 Å². The van der Waals surface area contributed by atoms with E-state index in [1.165, 1.54) is 6.92 Å². The summed E-state index contributed by atoms with van der Waals surface area (Å²) in [6.45, 7) is 2.18. The quantitative estimate of drug-likeness (QED) is 0.544. The van der Waals surface area contributed by atoms with Crippen LogP contribution in [0.5, 0.6) is 0 Å². The second-order valence-electron chi connectivity index (χ2n) is 7.52. The Balaban J connectivity index is 1.91. The molecule has 0 aromatic heterocycles. The number of benzene rings is 2. The van der Waals surface area contributed by atoms with Crippen LogP contribution in [-0.2, 0) is 4.79 Å². The highest BCUT2D eigenvalue weighted by molar-refractivity contribution is 5.93. The summed E-state index contributed by atoms with van der Waals surface area (Å²) in [6.07, 6.45) is 0.558. The molecule has 6 nitrogen and oxygen atoms in total. The van der Waals surface area contributed by atoms with Crippen LogP contribution in [0.3, 0.4) is 0 Å². The van der Waals surface area contributed by atoms with Crippen LogP contribution >= 0.6 is 0 Å². The molecule has 1 saturated carbocycles. The first-order valence-corrected chi connectivity index (χ1v) is 9.95. The van der Waals surface area contributed by atoms with Crippen LogP contribution in [0.1, 0.15) is 36.3 Å². The van der Waals surface area contributed by atoms with E-state index in [9.17, 15) is 9.59 Å². The van der Waals surface area contributed by atoms with Gasteiger partial charge in [-0.2, -0.15) is 0 Å². The Morgan fingerprint density at radius 3 is 1.93 bits per heavy atom. The zero-order valence-corrected chi connectivity index (χ0v) is 16.6. The maximum absolute atomic E-state index is 12.0. The monoisotopic (exact) mass is 392 g/mol. The fourth-order valence-electron chi connectivity index (χ4n) is 4.52. The predicted molar refractivity (Wildman–Crippen MR) is 114 cm³/mol. The topological polar surface area (TPSA) is 108 Å². The zero-order valence-electron chi connectivity index (χ0n) is 16.6. The molecule has 0 aliphatic heterocycles. The summed E-state index contributed by atoms with van der Waals surface area (Å²) in [5.41, 5.74) is 8.72. The van der Waals surface area contributed by atoms with Gasteiger partial charge in [0.15, 0.2) is 0 Å². The average molecular weight is 393 g/mol. The van der Waals surface area contributed by atoms with E-state index in [1.807, 2.05) is 36.4 Å². The molecule has 6 heteroatoms.